The summed E-state index contributed by atoms with van der Waals surface area (Å²) in [7, 11) is 0. The summed E-state index contributed by atoms with van der Waals surface area (Å²) in [5.74, 6) is 0.999. The van der Waals surface area contributed by atoms with E-state index in [1.54, 1.807) is 0 Å². The van der Waals surface area contributed by atoms with Crippen LogP contribution in [-0.4, -0.2) is 25.2 Å². The van der Waals surface area contributed by atoms with Gasteiger partial charge in [0.05, 0.1) is 13.2 Å². The first-order valence-corrected chi connectivity index (χ1v) is 15.3. The van der Waals surface area contributed by atoms with Gasteiger partial charge in [0, 0.05) is 12.8 Å². The zero-order valence-corrected chi connectivity index (χ0v) is 24.1. The predicted octanol–water partition coefficient (Wildman–Crippen LogP) is 9.58. The molecule has 208 valence electrons. The summed E-state index contributed by atoms with van der Waals surface area (Å²) >= 11 is 0. The first kappa shape index (κ1) is 33.9. The Morgan fingerprint density at radius 1 is 0.543 bits per heavy atom. The Morgan fingerprint density at radius 2 is 0.943 bits per heavy atom. The molecule has 1 unspecified atom stereocenters. The van der Waals surface area contributed by atoms with E-state index in [1.807, 2.05) is 0 Å². The van der Waals surface area contributed by atoms with Crippen molar-refractivity contribution in [3.8, 4) is 0 Å². The summed E-state index contributed by atoms with van der Waals surface area (Å²) in [6, 6.07) is 0. The molecule has 1 atom stereocenters. The normalized spacial score (nSPS) is 12.1. The van der Waals surface area contributed by atoms with Crippen molar-refractivity contribution in [3.63, 3.8) is 0 Å². The van der Waals surface area contributed by atoms with Crippen LogP contribution in [0.25, 0.3) is 0 Å². The molecule has 0 saturated carbocycles. The van der Waals surface area contributed by atoms with Crippen LogP contribution in [0.1, 0.15) is 163 Å². The fraction of sp³-hybridized carbons (Fsp3) is 0.935. The van der Waals surface area contributed by atoms with E-state index in [2.05, 4.69) is 27.7 Å². The van der Waals surface area contributed by atoms with Gasteiger partial charge in [-0.25, -0.2) is 0 Å². The van der Waals surface area contributed by atoms with Crippen LogP contribution in [0.5, 0.6) is 0 Å². The summed E-state index contributed by atoms with van der Waals surface area (Å²) in [5.41, 5.74) is 0. The SMILES string of the molecule is CCCCOC(=O)CCCCCCCCCCCCCCCCC(CC(=O)OCCCC)C(C)C. The molecule has 0 N–H and O–H groups in total. The molecule has 0 heterocycles. The van der Waals surface area contributed by atoms with Gasteiger partial charge in [-0.1, -0.05) is 124 Å². The highest BCUT2D eigenvalue weighted by Gasteiger charge is 2.18. The summed E-state index contributed by atoms with van der Waals surface area (Å²) in [6.45, 7) is 9.87. The van der Waals surface area contributed by atoms with Gasteiger partial charge >= 0.3 is 11.9 Å². The van der Waals surface area contributed by atoms with Gasteiger partial charge in [-0.2, -0.15) is 0 Å². The van der Waals surface area contributed by atoms with Crippen LogP contribution in [0.4, 0.5) is 0 Å². The molecule has 4 heteroatoms. The third-order valence-electron chi connectivity index (χ3n) is 7.10. The number of carbonyl (C=O) groups is 2. The molecular weight excluding hydrogens is 436 g/mol. The molecule has 0 spiro atoms. The van der Waals surface area contributed by atoms with Gasteiger partial charge in [0.2, 0.25) is 0 Å². The molecule has 0 amide bonds. The second kappa shape index (κ2) is 26.0. The first-order chi connectivity index (χ1) is 17.0. The van der Waals surface area contributed by atoms with Crippen LogP contribution in [0.2, 0.25) is 0 Å². The zero-order chi connectivity index (χ0) is 26.0. The second-order valence-corrected chi connectivity index (χ2v) is 10.8. The van der Waals surface area contributed by atoms with Crippen LogP contribution in [0.3, 0.4) is 0 Å². The maximum Gasteiger partial charge on any atom is 0.306 e. The second-order valence-electron chi connectivity index (χ2n) is 10.8. The molecule has 0 aliphatic carbocycles. The van der Waals surface area contributed by atoms with Crippen molar-refractivity contribution in [2.45, 2.75) is 163 Å². The number of rotatable bonds is 26. The van der Waals surface area contributed by atoms with Gasteiger partial charge < -0.3 is 9.47 Å². The molecule has 0 aromatic rings. The summed E-state index contributed by atoms with van der Waals surface area (Å²) < 4.78 is 10.6. The molecule has 0 aliphatic rings. The summed E-state index contributed by atoms with van der Waals surface area (Å²) in [5, 5.41) is 0. The third kappa shape index (κ3) is 24.4. The fourth-order valence-electron chi connectivity index (χ4n) is 4.47. The van der Waals surface area contributed by atoms with Crippen LogP contribution < -0.4 is 0 Å². The van der Waals surface area contributed by atoms with Crippen molar-refractivity contribution in [1.82, 2.24) is 0 Å². The Hall–Kier alpha value is -1.06. The van der Waals surface area contributed by atoms with E-state index < -0.39 is 0 Å². The number of ether oxygens (including phenoxy) is 2. The Labute approximate surface area is 218 Å². The molecule has 0 rings (SSSR count). The third-order valence-corrected chi connectivity index (χ3v) is 7.10. The smallest absolute Gasteiger partial charge is 0.306 e. The lowest BCUT2D eigenvalue weighted by molar-refractivity contribution is -0.145. The van der Waals surface area contributed by atoms with Crippen LogP contribution in [-0.2, 0) is 19.1 Å². The predicted molar refractivity (Wildman–Crippen MR) is 149 cm³/mol. The first-order valence-electron chi connectivity index (χ1n) is 15.3. The molecule has 4 nitrogen and oxygen atoms in total. The largest absolute Gasteiger partial charge is 0.466 e. The number of hydrogen-bond donors (Lipinski definition) is 0. The Bertz CT molecular complexity index is 475. The fourth-order valence-corrected chi connectivity index (χ4v) is 4.47. The molecule has 0 aromatic carbocycles. The van der Waals surface area contributed by atoms with Crippen LogP contribution >= 0.6 is 0 Å². The van der Waals surface area contributed by atoms with Crippen molar-refractivity contribution in [3.05, 3.63) is 0 Å². The van der Waals surface area contributed by atoms with Crippen molar-refractivity contribution in [2.24, 2.45) is 11.8 Å². The van der Waals surface area contributed by atoms with Gasteiger partial charge in [-0.15, -0.1) is 0 Å². The summed E-state index contributed by atoms with van der Waals surface area (Å²) in [6.07, 6.45) is 24.5. The monoisotopic (exact) mass is 496 g/mol. The van der Waals surface area contributed by atoms with E-state index in [4.69, 9.17) is 9.47 Å². The van der Waals surface area contributed by atoms with Crippen molar-refractivity contribution in [1.29, 1.82) is 0 Å². The maximum absolute atomic E-state index is 12.0. The molecular formula is C31H60O4. The van der Waals surface area contributed by atoms with Gasteiger partial charge in [-0.3, -0.25) is 9.59 Å². The van der Waals surface area contributed by atoms with E-state index >= 15 is 0 Å². The molecule has 0 radical (unpaired) electrons. The van der Waals surface area contributed by atoms with Crippen LogP contribution in [0.15, 0.2) is 0 Å². The van der Waals surface area contributed by atoms with Gasteiger partial charge in [0.15, 0.2) is 0 Å². The van der Waals surface area contributed by atoms with Gasteiger partial charge in [-0.05, 0) is 37.5 Å². The number of esters is 2. The lowest BCUT2D eigenvalue weighted by Crippen LogP contribution is -2.16. The van der Waals surface area contributed by atoms with Gasteiger partial charge in [0.25, 0.3) is 0 Å². The minimum absolute atomic E-state index is 0.00286. The Morgan fingerprint density at radius 3 is 1.37 bits per heavy atom. The summed E-state index contributed by atoms with van der Waals surface area (Å²) in [4.78, 5) is 23.6. The lowest BCUT2D eigenvalue weighted by Gasteiger charge is -2.20. The van der Waals surface area contributed by atoms with Crippen molar-refractivity contribution in [2.75, 3.05) is 13.2 Å². The lowest BCUT2D eigenvalue weighted by atomic mass is 9.87. The molecule has 0 bridgehead atoms. The highest BCUT2D eigenvalue weighted by Crippen LogP contribution is 2.23. The molecule has 0 fully saturated rings. The molecule has 0 saturated heterocycles. The van der Waals surface area contributed by atoms with Crippen LogP contribution in [0, 0.1) is 11.8 Å². The minimum Gasteiger partial charge on any atom is -0.466 e. The quantitative estimate of drug-likeness (QED) is 0.0883. The van der Waals surface area contributed by atoms with E-state index in [0.29, 0.717) is 37.9 Å². The highest BCUT2D eigenvalue weighted by molar-refractivity contribution is 5.69. The number of unbranched alkanes of at least 4 members (excludes halogenated alkanes) is 15. The topological polar surface area (TPSA) is 52.6 Å². The van der Waals surface area contributed by atoms with E-state index in [0.717, 1.165) is 44.9 Å². The average Bonchev–Trinajstić information content (AvgIpc) is 2.83. The van der Waals surface area contributed by atoms with Gasteiger partial charge in [0.1, 0.15) is 0 Å². The molecule has 35 heavy (non-hydrogen) atoms. The van der Waals surface area contributed by atoms with E-state index in [1.165, 1.54) is 77.0 Å². The van der Waals surface area contributed by atoms with Crippen molar-refractivity contribution < 1.29 is 19.1 Å². The molecule has 0 aromatic heterocycles. The Kier molecular flexibility index (Phi) is 25.2. The average molecular weight is 497 g/mol. The molecule has 0 aliphatic heterocycles. The van der Waals surface area contributed by atoms with E-state index in [9.17, 15) is 9.59 Å². The number of hydrogen-bond acceptors (Lipinski definition) is 4. The van der Waals surface area contributed by atoms with E-state index in [-0.39, 0.29) is 11.9 Å². The Balaban J connectivity index is 3.42. The zero-order valence-electron chi connectivity index (χ0n) is 24.1. The number of carbonyl (C=O) groups excluding carboxylic acids is 2. The maximum atomic E-state index is 12.0. The standard InChI is InChI=1S/C31H60O4/c1-5-7-25-34-30(32)24-22-20-18-16-14-12-10-9-11-13-15-17-19-21-23-29(28(3)4)27-31(33)35-26-8-6-2/h28-29H,5-27H2,1-4H3. The van der Waals surface area contributed by atoms with Crippen molar-refractivity contribution >= 4 is 11.9 Å². The highest BCUT2D eigenvalue weighted by atomic mass is 16.5. The minimum atomic E-state index is -0.0158.